The first kappa shape index (κ1) is 19.3. The zero-order valence-corrected chi connectivity index (χ0v) is 14.9. The molecule has 4 N–H and O–H groups in total. The van der Waals surface area contributed by atoms with Gasteiger partial charge in [0.2, 0.25) is 0 Å². The number of nitrogens with one attached hydrogen (secondary N) is 2. The largest absolute Gasteiger partial charge is 0.494 e. The number of nitrogen functional groups attached to an aromatic ring is 1. The number of nitrogens with zero attached hydrogens (tertiary/aromatic N) is 2. The smallest absolute Gasteiger partial charge is 0.416 e. The van der Waals surface area contributed by atoms with Gasteiger partial charge in [0.15, 0.2) is 11.6 Å². The summed E-state index contributed by atoms with van der Waals surface area (Å²) in [7, 11) is 0. The number of benzene rings is 2. The average molecular weight is 389 g/mol. The van der Waals surface area contributed by atoms with E-state index in [0.717, 1.165) is 23.6 Å². The molecule has 0 saturated heterocycles. The van der Waals surface area contributed by atoms with Crippen molar-refractivity contribution in [1.29, 1.82) is 0 Å². The van der Waals surface area contributed by atoms with Crippen molar-refractivity contribution in [2.24, 2.45) is 0 Å². The highest BCUT2D eigenvalue weighted by atomic mass is 19.4. The van der Waals surface area contributed by atoms with Crippen molar-refractivity contribution in [3.8, 4) is 5.75 Å². The number of hydrogen-bond acceptors (Lipinski definition) is 6. The fourth-order valence-electron chi connectivity index (χ4n) is 2.41. The Labute approximate surface area is 159 Å². The average Bonchev–Trinajstić information content (AvgIpc) is 2.66. The van der Waals surface area contributed by atoms with Crippen molar-refractivity contribution >= 4 is 28.7 Å². The molecule has 0 spiro atoms. The molecule has 0 aliphatic carbocycles. The number of rotatable bonds is 6. The van der Waals surface area contributed by atoms with E-state index < -0.39 is 11.7 Å². The fraction of sp³-hybridized carbons (Fsp3) is 0.158. The highest BCUT2D eigenvalue weighted by molar-refractivity contribution is 5.80. The summed E-state index contributed by atoms with van der Waals surface area (Å²) in [6, 6.07) is 11.8. The van der Waals surface area contributed by atoms with Crippen LogP contribution in [-0.2, 0) is 6.18 Å². The predicted molar refractivity (Wildman–Crippen MR) is 102 cm³/mol. The van der Waals surface area contributed by atoms with Crippen molar-refractivity contribution in [3.63, 3.8) is 0 Å². The second-order valence-corrected chi connectivity index (χ2v) is 5.77. The van der Waals surface area contributed by atoms with Gasteiger partial charge in [0.05, 0.1) is 12.2 Å². The topological polar surface area (TPSA) is 85.1 Å². The lowest BCUT2D eigenvalue weighted by molar-refractivity contribution is -0.137. The van der Waals surface area contributed by atoms with Crippen molar-refractivity contribution in [2.45, 2.75) is 13.1 Å². The van der Waals surface area contributed by atoms with Gasteiger partial charge in [-0.3, -0.25) is 0 Å². The summed E-state index contributed by atoms with van der Waals surface area (Å²) in [5, 5.41) is 5.98. The summed E-state index contributed by atoms with van der Waals surface area (Å²) in [6.07, 6.45) is -3.08. The van der Waals surface area contributed by atoms with Gasteiger partial charge in [-0.25, -0.2) is 9.97 Å². The third kappa shape index (κ3) is 4.61. The van der Waals surface area contributed by atoms with Crippen LogP contribution in [0.1, 0.15) is 12.5 Å². The molecule has 146 valence electrons. The fourth-order valence-corrected chi connectivity index (χ4v) is 2.41. The standard InChI is InChI=1S/C19H18F3N5O/c1-2-28-15-9-7-14(8-10-15)27-18-16(23)17(24-11-25-18)26-13-5-3-12(4-6-13)19(20,21)22/h3-11H,2,23H2,1H3,(H2,24,25,26,27). The van der Waals surface area contributed by atoms with E-state index in [1.54, 1.807) is 0 Å². The third-order valence-corrected chi connectivity index (χ3v) is 3.79. The Bertz CT molecular complexity index is 928. The summed E-state index contributed by atoms with van der Waals surface area (Å²) in [4.78, 5) is 8.17. The molecule has 0 saturated carbocycles. The minimum Gasteiger partial charge on any atom is -0.494 e. The molecule has 0 atom stereocenters. The van der Waals surface area contributed by atoms with E-state index in [1.807, 2.05) is 31.2 Å². The lowest BCUT2D eigenvalue weighted by Crippen LogP contribution is -2.06. The van der Waals surface area contributed by atoms with Crippen LogP contribution in [0.5, 0.6) is 5.75 Å². The molecular formula is C19H18F3N5O. The molecule has 3 aromatic rings. The van der Waals surface area contributed by atoms with Gasteiger partial charge in [0, 0.05) is 11.4 Å². The Balaban J connectivity index is 1.75. The summed E-state index contributed by atoms with van der Waals surface area (Å²) >= 11 is 0. The van der Waals surface area contributed by atoms with Gasteiger partial charge < -0.3 is 21.1 Å². The van der Waals surface area contributed by atoms with E-state index >= 15 is 0 Å². The number of aromatic nitrogens is 2. The van der Waals surface area contributed by atoms with Gasteiger partial charge in [0.25, 0.3) is 0 Å². The molecule has 0 unspecified atom stereocenters. The van der Waals surface area contributed by atoms with E-state index in [0.29, 0.717) is 18.1 Å². The van der Waals surface area contributed by atoms with Crippen molar-refractivity contribution in [2.75, 3.05) is 23.0 Å². The summed E-state index contributed by atoms with van der Waals surface area (Å²) < 4.78 is 43.4. The maximum absolute atomic E-state index is 12.7. The third-order valence-electron chi connectivity index (χ3n) is 3.79. The Morgan fingerprint density at radius 2 is 1.39 bits per heavy atom. The number of ether oxygens (including phenoxy) is 1. The highest BCUT2D eigenvalue weighted by Crippen LogP contribution is 2.32. The van der Waals surface area contributed by atoms with Gasteiger partial charge in [-0.1, -0.05) is 0 Å². The SMILES string of the molecule is CCOc1ccc(Nc2ncnc(Nc3ccc(C(F)(F)F)cc3)c2N)cc1. The van der Waals surface area contributed by atoms with Gasteiger partial charge >= 0.3 is 6.18 Å². The molecule has 0 radical (unpaired) electrons. The van der Waals surface area contributed by atoms with Crippen LogP contribution in [0, 0.1) is 0 Å². The molecular weight excluding hydrogens is 371 g/mol. The summed E-state index contributed by atoms with van der Waals surface area (Å²) in [5.74, 6) is 1.39. The van der Waals surface area contributed by atoms with Crippen LogP contribution >= 0.6 is 0 Å². The molecule has 0 aliphatic rings. The molecule has 0 bridgehead atoms. The Kier molecular flexibility index (Phi) is 5.53. The Hall–Kier alpha value is -3.49. The second kappa shape index (κ2) is 8.03. The van der Waals surface area contributed by atoms with Gasteiger partial charge in [0.1, 0.15) is 17.8 Å². The molecule has 0 amide bonds. The zero-order chi connectivity index (χ0) is 20.1. The summed E-state index contributed by atoms with van der Waals surface area (Å²) in [5.41, 5.74) is 6.77. The molecule has 0 fully saturated rings. The van der Waals surface area contributed by atoms with Crippen LogP contribution in [-0.4, -0.2) is 16.6 Å². The van der Waals surface area contributed by atoms with Gasteiger partial charge in [-0.05, 0) is 55.5 Å². The van der Waals surface area contributed by atoms with Gasteiger partial charge in [-0.15, -0.1) is 0 Å². The minimum absolute atomic E-state index is 0.233. The van der Waals surface area contributed by atoms with Gasteiger partial charge in [-0.2, -0.15) is 13.2 Å². The van der Waals surface area contributed by atoms with Crippen molar-refractivity contribution in [3.05, 3.63) is 60.4 Å². The molecule has 6 nitrogen and oxygen atoms in total. The molecule has 28 heavy (non-hydrogen) atoms. The van der Waals surface area contributed by atoms with E-state index in [2.05, 4.69) is 20.6 Å². The molecule has 1 aromatic heterocycles. The first-order valence-corrected chi connectivity index (χ1v) is 8.41. The van der Waals surface area contributed by atoms with Crippen LogP contribution < -0.4 is 21.1 Å². The lowest BCUT2D eigenvalue weighted by Gasteiger charge is -2.13. The number of hydrogen-bond donors (Lipinski definition) is 3. The highest BCUT2D eigenvalue weighted by Gasteiger charge is 2.29. The Morgan fingerprint density at radius 3 is 1.86 bits per heavy atom. The van der Waals surface area contributed by atoms with E-state index in [4.69, 9.17) is 10.5 Å². The van der Waals surface area contributed by atoms with E-state index in [1.165, 1.54) is 18.5 Å². The van der Waals surface area contributed by atoms with Crippen LogP contribution in [0.2, 0.25) is 0 Å². The first-order chi connectivity index (χ1) is 13.4. The van der Waals surface area contributed by atoms with Crippen LogP contribution in [0.3, 0.4) is 0 Å². The Morgan fingerprint density at radius 1 is 0.893 bits per heavy atom. The number of anilines is 5. The maximum Gasteiger partial charge on any atom is 0.416 e. The number of alkyl halides is 3. The molecule has 3 rings (SSSR count). The van der Waals surface area contributed by atoms with Crippen LogP contribution in [0.4, 0.5) is 41.9 Å². The zero-order valence-electron chi connectivity index (χ0n) is 14.9. The molecule has 1 heterocycles. The number of nitrogens with two attached hydrogens (primary N) is 1. The first-order valence-electron chi connectivity index (χ1n) is 8.41. The van der Waals surface area contributed by atoms with Crippen molar-refractivity contribution in [1.82, 2.24) is 9.97 Å². The van der Waals surface area contributed by atoms with Crippen LogP contribution in [0.15, 0.2) is 54.9 Å². The maximum atomic E-state index is 12.7. The quantitative estimate of drug-likeness (QED) is 0.552. The summed E-state index contributed by atoms with van der Waals surface area (Å²) in [6.45, 7) is 2.48. The van der Waals surface area contributed by atoms with E-state index in [-0.39, 0.29) is 11.5 Å². The minimum atomic E-state index is -4.39. The molecule has 9 heteroatoms. The molecule has 2 aromatic carbocycles. The molecule has 0 aliphatic heterocycles. The predicted octanol–water partition coefficient (Wildman–Crippen LogP) is 4.96. The van der Waals surface area contributed by atoms with Crippen LogP contribution in [0.25, 0.3) is 0 Å². The normalized spacial score (nSPS) is 11.1. The lowest BCUT2D eigenvalue weighted by atomic mass is 10.2. The van der Waals surface area contributed by atoms with Crippen molar-refractivity contribution < 1.29 is 17.9 Å². The number of halogens is 3. The monoisotopic (exact) mass is 389 g/mol. The second-order valence-electron chi connectivity index (χ2n) is 5.77. The van der Waals surface area contributed by atoms with E-state index in [9.17, 15) is 13.2 Å².